The van der Waals surface area contributed by atoms with Crippen molar-refractivity contribution in [2.24, 2.45) is 5.10 Å². The molecule has 0 saturated carbocycles. The summed E-state index contributed by atoms with van der Waals surface area (Å²) in [6.45, 7) is 3.32. The van der Waals surface area contributed by atoms with Crippen LogP contribution in [-0.4, -0.2) is 41.4 Å². The van der Waals surface area contributed by atoms with Gasteiger partial charge in [-0.15, -0.1) is 5.10 Å². The number of carbonyl (C=O) groups is 2. The fraction of sp³-hybridized carbons (Fsp3) is 0.250. The molecule has 0 saturated heterocycles. The lowest BCUT2D eigenvalue weighted by Crippen LogP contribution is -2.58. The van der Waals surface area contributed by atoms with Crippen LogP contribution in [0.15, 0.2) is 53.6 Å². The van der Waals surface area contributed by atoms with Gasteiger partial charge in [-0.05, 0) is 48.9 Å². The van der Waals surface area contributed by atoms with Crippen LogP contribution in [0.25, 0.3) is 0 Å². The summed E-state index contributed by atoms with van der Waals surface area (Å²) in [6, 6.07) is 14.1. The van der Waals surface area contributed by atoms with Gasteiger partial charge in [0, 0.05) is 24.0 Å². The fourth-order valence-electron chi connectivity index (χ4n) is 3.05. The van der Waals surface area contributed by atoms with Crippen molar-refractivity contribution < 1.29 is 14.3 Å². The first-order chi connectivity index (χ1) is 13.8. The van der Waals surface area contributed by atoms with Crippen molar-refractivity contribution in [1.82, 2.24) is 10.0 Å². The molecule has 1 aliphatic heterocycles. The summed E-state index contributed by atoms with van der Waals surface area (Å²) in [5.74, 6) is -0.917. The van der Waals surface area contributed by atoms with Gasteiger partial charge in [0.25, 0.3) is 5.84 Å². The molecular weight excluding hydrogens is 415 g/mol. The van der Waals surface area contributed by atoms with Crippen LogP contribution in [0.3, 0.4) is 0 Å². The Morgan fingerprint density at radius 2 is 1.59 bits per heavy atom. The first-order valence-corrected chi connectivity index (χ1v) is 9.68. The highest BCUT2D eigenvalue weighted by atomic mass is 35.5. The molecule has 1 heterocycles. The zero-order valence-electron chi connectivity index (χ0n) is 16.2. The Hall–Kier alpha value is -2.77. The maximum Gasteiger partial charge on any atom is 0.377 e. The number of amides is 1. The number of ether oxygens (including phenoxy) is 1. The fourth-order valence-corrected chi connectivity index (χ4v) is 3.31. The summed E-state index contributed by atoms with van der Waals surface area (Å²) in [4.78, 5) is 25.1. The minimum absolute atomic E-state index is 0.0118. The Morgan fingerprint density at radius 3 is 2.10 bits per heavy atom. The molecule has 0 aliphatic carbocycles. The number of halogens is 2. The van der Waals surface area contributed by atoms with E-state index in [1.807, 2.05) is 12.1 Å². The number of benzene rings is 2. The smallest absolute Gasteiger partial charge is 0.377 e. The molecule has 0 radical (unpaired) electrons. The number of hydrazone groups is 1. The highest BCUT2D eigenvalue weighted by molar-refractivity contribution is 6.35. The number of rotatable bonds is 4. The third-order valence-corrected chi connectivity index (χ3v) is 4.84. The van der Waals surface area contributed by atoms with Gasteiger partial charge in [-0.2, -0.15) is 0 Å². The molecule has 1 amide bonds. The van der Waals surface area contributed by atoms with Gasteiger partial charge >= 0.3 is 5.97 Å². The minimum atomic E-state index is -0.644. The Morgan fingerprint density at radius 1 is 1.03 bits per heavy atom. The molecule has 2 aromatic rings. The summed E-state index contributed by atoms with van der Waals surface area (Å²) in [6.07, 6.45) is -0.644. The molecule has 9 heteroatoms. The average molecular weight is 435 g/mol. The maximum atomic E-state index is 12.6. The van der Waals surface area contributed by atoms with Gasteiger partial charge in [0.2, 0.25) is 5.91 Å². The van der Waals surface area contributed by atoms with Crippen LogP contribution in [0.4, 0.5) is 5.69 Å². The SMILES string of the molecule is CCOC(=O)C1=NN(c2ccc(Cl)cc2)C(c2ccc(Cl)cc2)N(C(C)=O)N1C. The summed E-state index contributed by atoms with van der Waals surface area (Å²) < 4.78 is 5.13. The van der Waals surface area contributed by atoms with Crippen LogP contribution in [0.1, 0.15) is 25.6 Å². The van der Waals surface area contributed by atoms with Gasteiger partial charge in [-0.3, -0.25) is 9.80 Å². The molecule has 0 fully saturated rings. The van der Waals surface area contributed by atoms with E-state index < -0.39 is 12.1 Å². The predicted molar refractivity (Wildman–Crippen MR) is 112 cm³/mol. The predicted octanol–water partition coefficient (Wildman–Crippen LogP) is 4.08. The first-order valence-electron chi connectivity index (χ1n) is 8.93. The summed E-state index contributed by atoms with van der Waals surface area (Å²) in [5, 5.41) is 10.1. The van der Waals surface area contributed by atoms with Crippen LogP contribution in [0.2, 0.25) is 10.0 Å². The van der Waals surface area contributed by atoms with Crippen molar-refractivity contribution in [3.05, 3.63) is 64.1 Å². The maximum absolute atomic E-state index is 12.6. The molecule has 3 rings (SSSR count). The monoisotopic (exact) mass is 434 g/mol. The third kappa shape index (κ3) is 4.31. The molecular formula is C20H20Cl2N4O3. The van der Waals surface area contributed by atoms with Crippen molar-refractivity contribution in [3.63, 3.8) is 0 Å². The number of amidine groups is 1. The first kappa shape index (κ1) is 21.0. The average Bonchev–Trinajstić information content (AvgIpc) is 2.69. The molecule has 1 atom stereocenters. The molecule has 0 aromatic heterocycles. The quantitative estimate of drug-likeness (QED) is 0.678. The Labute approximate surface area is 179 Å². The van der Waals surface area contributed by atoms with E-state index in [0.717, 1.165) is 5.56 Å². The van der Waals surface area contributed by atoms with Crippen LogP contribution in [0, 0.1) is 0 Å². The van der Waals surface area contributed by atoms with E-state index in [0.29, 0.717) is 15.7 Å². The molecule has 0 spiro atoms. The van der Waals surface area contributed by atoms with Gasteiger partial charge in [-0.1, -0.05) is 35.3 Å². The largest absolute Gasteiger partial charge is 0.460 e. The zero-order chi connectivity index (χ0) is 21.1. The standard InChI is InChI=1S/C20H20Cl2N4O3/c1-4-29-20(28)18-23-25(17-11-9-16(22)10-12-17)19(26(13(2)27)24(18)3)14-5-7-15(21)8-6-14/h5-12,19H,4H2,1-3H3. The van der Waals surface area contributed by atoms with Crippen molar-refractivity contribution in [2.75, 3.05) is 18.7 Å². The van der Waals surface area contributed by atoms with Crippen LogP contribution >= 0.6 is 23.2 Å². The van der Waals surface area contributed by atoms with E-state index in [-0.39, 0.29) is 18.3 Å². The lowest BCUT2D eigenvalue weighted by atomic mass is 10.1. The highest BCUT2D eigenvalue weighted by Gasteiger charge is 2.40. The molecule has 0 N–H and O–H groups in total. The van der Waals surface area contributed by atoms with E-state index in [4.69, 9.17) is 27.9 Å². The van der Waals surface area contributed by atoms with Crippen molar-refractivity contribution in [1.29, 1.82) is 0 Å². The molecule has 1 aliphatic rings. The molecule has 7 nitrogen and oxygen atoms in total. The summed E-state index contributed by atoms with van der Waals surface area (Å²) in [7, 11) is 1.60. The van der Waals surface area contributed by atoms with Gasteiger partial charge in [0.15, 0.2) is 6.17 Å². The number of hydrogen-bond donors (Lipinski definition) is 0. The Balaban J connectivity index is 2.19. The number of likely N-dealkylation sites (N-methyl/N-ethyl adjacent to an activating group) is 1. The number of anilines is 1. The zero-order valence-corrected chi connectivity index (χ0v) is 17.7. The van der Waals surface area contributed by atoms with Crippen molar-refractivity contribution in [3.8, 4) is 0 Å². The van der Waals surface area contributed by atoms with Crippen molar-refractivity contribution >= 4 is 46.6 Å². The van der Waals surface area contributed by atoms with E-state index in [1.54, 1.807) is 55.4 Å². The number of nitrogens with zero attached hydrogens (tertiary/aromatic N) is 4. The van der Waals surface area contributed by atoms with Gasteiger partial charge in [-0.25, -0.2) is 14.8 Å². The van der Waals surface area contributed by atoms with Gasteiger partial charge in [0.1, 0.15) is 0 Å². The normalized spacial score (nSPS) is 16.5. The second-order valence-electron chi connectivity index (χ2n) is 6.28. The van der Waals surface area contributed by atoms with Crippen LogP contribution in [-0.2, 0) is 14.3 Å². The third-order valence-electron chi connectivity index (χ3n) is 4.34. The van der Waals surface area contributed by atoms with Gasteiger partial charge < -0.3 is 4.74 Å². The molecule has 29 heavy (non-hydrogen) atoms. The molecule has 152 valence electrons. The number of esters is 1. The second kappa shape index (κ2) is 8.71. The number of carbonyl (C=O) groups excluding carboxylic acids is 2. The lowest BCUT2D eigenvalue weighted by Gasteiger charge is -2.46. The molecule has 1 unspecified atom stereocenters. The summed E-state index contributed by atoms with van der Waals surface area (Å²) >= 11 is 12.1. The molecule has 0 bridgehead atoms. The van der Waals surface area contributed by atoms with Crippen molar-refractivity contribution in [2.45, 2.75) is 20.0 Å². The lowest BCUT2D eigenvalue weighted by molar-refractivity contribution is -0.147. The van der Waals surface area contributed by atoms with Crippen LogP contribution < -0.4 is 5.01 Å². The minimum Gasteiger partial charge on any atom is -0.460 e. The highest BCUT2D eigenvalue weighted by Crippen LogP contribution is 2.35. The van der Waals surface area contributed by atoms with E-state index in [1.165, 1.54) is 16.9 Å². The van der Waals surface area contributed by atoms with E-state index in [9.17, 15) is 9.59 Å². The van der Waals surface area contributed by atoms with E-state index >= 15 is 0 Å². The topological polar surface area (TPSA) is 65.5 Å². The van der Waals surface area contributed by atoms with E-state index in [2.05, 4.69) is 5.10 Å². The Kier molecular flexibility index (Phi) is 6.30. The molecule has 2 aromatic carbocycles. The Bertz CT molecular complexity index is 932. The second-order valence-corrected chi connectivity index (χ2v) is 7.15. The summed E-state index contributed by atoms with van der Waals surface area (Å²) in [5.41, 5.74) is 1.41. The van der Waals surface area contributed by atoms with Crippen LogP contribution in [0.5, 0.6) is 0 Å². The number of hydrogen-bond acceptors (Lipinski definition) is 6. The van der Waals surface area contributed by atoms with Gasteiger partial charge in [0.05, 0.1) is 12.3 Å². The number of hydrazine groups is 1.